The van der Waals surface area contributed by atoms with Crippen LogP contribution in [0.15, 0.2) is 77.7 Å². The van der Waals surface area contributed by atoms with Crippen molar-refractivity contribution in [3.63, 3.8) is 0 Å². The summed E-state index contributed by atoms with van der Waals surface area (Å²) < 4.78 is 29.5. The predicted molar refractivity (Wildman–Crippen MR) is 128 cm³/mol. The number of hydrogen-bond donors (Lipinski definition) is 2. The van der Waals surface area contributed by atoms with Crippen LogP contribution in [0, 0.1) is 6.92 Å². The molecule has 3 aromatic carbocycles. The summed E-state index contributed by atoms with van der Waals surface area (Å²) in [5.74, 6) is -1.10. The molecule has 7 nitrogen and oxygen atoms in total. The van der Waals surface area contributed by atoms with Crippen molar-refractivity contribution in [2.45, 2.75) is 30.9 Å². The van der Waals surface area contributed by atoms with Crippen LogP contribution in [0.1, 0.15) is 12.0 Å². The summed E-state index contributed by atoms with van der Waals surface area (Å²) in [5, 5.41) is 22.2. The zero-order valence-corrected chi connectivity index (χ0v) is 19.1. The number of hydrogen-bond acceptors (Lipinski definition) is 4. The number of rotatable bonds is 9. The molecule has 0 spiro atoms. The second-order valence-corrected chi connectivity index (χ2v) is 10.1. The Morgan fingerprint density at radius 2 is 1.48 bits per heavy atom. The maximum Gasteiger partial charge on any atom is 0.304 e. The molecule has 0 fully saturated rings. The molecule has 0 saturated carbocycles. The van der Waals surface area contributed by atoms with E-state index in [0.717, 1.165) is 31.7 Å². The van der Waals surface area contributed by atoms with Crippen molar-refractivity contribution in [1.82, 2.24) is 8.87 Å². The van der Waals surface area contributed by atoms with Gasteiger partial charge in [0.05, 0.1) is 24.0 Å². The smallest absolute Gasteiger partial charge is 0.304 e. The third-order valence-corrected chi connectivity index (χ3v) is 7.60. The zero-order chi connectivity index (χ0) is 23.6. The van der Waals surface area contributed by atoms with Crippen molar-refractivity contribution in [1.29, 1.82) is 0 Å². The van der Waals surface area contributed by atoms with Crippen molar-refractivity contribution in [3.05, 3.63) is 78.4 Å². The third kappa shape index (κ3) is 4.78. The van der Waals surface area contributed by atoms with Crippen molar-refractivity contribution in [3.8, 4) is 0 Å². The molecule has 4 aromatic rings. The van der Waals surface area contributed by atoms with Gasteiger partial charge in [-0.15, -0.1) is 0 Å². The number of aromatic nitrogens is 1. The number of para-hydroxylation sites is 2. The minimum absolute atomic E-state index is 0.0718. The van der Waals surface area contributed by atoms with Gasteiger partial charge in [-0.25, -0.2) is 8.42 Å². The van der Waals surface area contributed by atoms with Crippen LogP contribution in [0.2, 0.25) is 0 Å². The van der Waals surface area contributed by atoms with Crippen LogP contribution in [0.4, 0.5) is 0 Å². The van der Waals surface area contributed by atoms with E-state index in [1.807, 2.05) is 60.0 Å². The Balaban J connectivity index is 1.64. The Kier molecular flexibility index (Phi) is 6.51. The average molecular weight is 467 g/mol. The molecular weight excluding hydrogens is 440 g/mol. The summed E-state index contributed by atoms with van der Waals surface area (Å²) in [7, 11) is -3.97. The van der Waals surface area contributed by atoms with E-state index in [9.17, 15) is 18.3 Å². The van der Waals surface area contributed by atoms with E-state index in [-0.39, 0.29) is 31.0 Å². The van der Waals surface area contributed by atoms with E-state index in [2.05, 4.69) is 0 Å². The quantitative estimate of drug-likeness (QED) is 0.392. The van der Waals surface area contributed by atoms with Gasteiger partial charge in [-0.1, -0.05) is 54.1 Å². The first-order valence-corrected chi connectivity index (χ1v) is 12.1. The van der Waals surface area contributed by atoms with Gasteiger partial charge in [0.2, 0.25) is 10.0 Å². The van der Waals surface area contributed by atoms with Gasteiger partial charge in [-0.2, -0.15) is 4.31 Å². The first-order chi connectivity index (χ1) is 15.8. The van der Waals surface area contributed by atoms with Crippen molar-refractivity contribution in [2.75, 3.05) is 13.1 Å². The van der Waals surface area contributed by atoms with Crippen LogP contribution < -0.4 is 0 Å². The van der Waals surface area contributed by atoms with Gasteiger partial charge in [0.15, 0.2) is 0 Å². The van der Waals surface area contributed by atoms with Gasteiger partial charge in [0.25, 0.3) is 0 Å². The van der Waals surface area contributed by atoms with Crippen molar-refractivity contribution in [2.24, 2.45) is 0 Å². The standard InChI is InChI=1S/C25H26N2O5S/c1-18-10-12-20(13-11-18)33(31,32)26(15-14-25(29)30)16-19(28)17-27-23-8-4-2-6-21(23)22-7-3-5-9-24(22)27/h2-13,19,28H,14-17H2,1H3,(H,29,30)/t19-/m0/s1. The maximum absolute atomic E-state index is 13.2. The summed E-state index contributed by atoms with van der Waals surface area (Å²) >= 11 is 0. The van der Waals surface area contributed by atoms with Gasteiger partial charge in [-0.05, 0) is 31.2 Å². The minimum Gasteiger partial charge on any atom is -0.481 e. The van der Waals surface area contributed by atoms with Crippen LogP contribution in [-0.4, -0.2) is 52.7 Å². The summed E-state index contributed by atoms with van der Waals surface area (Å²) in [5.41, 5.74) is 2.80. The van der Waals surface area contributed by atoms with Crippen molar-refractivity contribution < 1.29 is 23.4 Å². The monoisotopic (exact) mass is 466 g/mol. The fourth-order valence-electron chi connectivity index (χ4n) is 4.09. The van der Waals surface area contributed by atoms with Gasteiger partial charge in [0, 0.05) is 34.9 Å². The number of aryl methyl sites for hydroxylation is 1. The molecule has 2 N–H and O–H groups in total. The molecule has 0 radical (unpaired) electrons. The van der Waals surface area contributed by atoms with Crippen LogP contribution in [0.5, 0.6) is 0 Å². The third-order valence-electron chi connectivity index (χ3n) is 5.72. The SMILES string of the molecule is Cc1ccc(S(=O)(=O)N(CCC(=O)O)C[C@H](O)Cn2c3ccccc3c3ccccc32)cc1. The molecule has 0 unspecified atom stereocenters. The highest BCUT2D eigenvalue weighted by molar-refractivity contribution is 7.89. The fraction of sp³-hybridized carbons (Fsp3) is 0.240. The highest BCUT2D eigenvalue weighted by Gasteiger charge is 2.27. The number of aliphatic hydroxyl groups is 1. The lowest BCUT2D eigenvalue weighted by atomic mass is 10.2. The Morgan fingerprint density at radius 3 is 2.03 bits per heavy atom. The molecule has 0 amide bonds. The van der Waals surface area contributed by atoms with E-state index in [1.165, 1.54) is 12.1 Å². The molecule has 0 bridgehead atoms. The van der Waals surface area contributed by atoms with Crippen LogP contribution >= 0.6 is 0 Å². The summed E-state index contributed by atoms with van der Waals surface area (Å²) in [4.78, 5) is 11.2. The Morgan fingerprint density at radius 1 is 0.939 bits per heavy atom. The fourth-order valence-corrected chi connectivity index (χ4v) is 5.57. The Bertz CT molecular complexity index is 1340. The van der Waals surface area contributed by atoms with Gasteiger partial charge in [-0.3, -0.25) is 4.79 Å². The normalized spacial score (nSPS) is 13.1. The number of carboxylic acid groups (broad SMARTS) is 1. The average Bonchev–Trinajstić information content (AvgIpc) is 3.10. The molecule has 172 valence electrons. The molecule has 0 aliphatic heterocycles. The lowest BCUT2D eigenvalue weighted by molar-refractivity contribution is -0.137. The molecule has 8 heteroatoms. The highest BCUT2D eigenvalue weighted by atomic mass is 32.2. The molecule has 1 heterocycles. The number of sulfonamides is 1. The van der Waals surface area contributed by atoms with Gasteiger partial charge >= 0.3 is 5.97 Å². The maximum atomic E-state index is 13.2. The lowest BCUT2D eigenvalue weighted by Crippen LogP contribution is -2.40. The van der Waals surface area contributed by atoms with Crippen LogP contribution in [-0.2, 0) is 21.4 Å². The number of nitrogens with zero attached hydrogens (tertiary/aromatic N) is 2. The highest BCUT2D eigenvalue weighted by Crippen LogP contribution is 2.29. The van der Waals surface area contributed by atoms with E-state index >= 15 is 0 Å². The van der Waals surface area contributed by atoms with Gasteiger partial charge < -0.3 is 14.8 Å². The molecule has 4 rings (SSSR count). The van der Waals surface area contributed by atoms with E-state index < -0.39 is 22.1 Å². The number of fused-ring (bicyclic) bond motifs is 3. The molecule has 1 atom stereocenters. The molecule has 33 heavy (non-hydrogen) atoms. The van der Waals surface area contributed by atoms with E-state index in [0.29, 0.717) is 0 Å². The number of aliphatic carboxylic acids is 1. The summed E-state index contributed by atoms with van der Waals surface area (Å²) in [6.07, 6.45) is -1.40. The Labute approximate surface area is 192 Å². The van der Waals surface area contributed by atoms with E-state index in [4.69, 9.17) is 5.11 Å². The molecule has 0 saturated heterocycles. The van der Waals surface area contributed by atoms with Crippen LogP contribution in [0.25, 0.3) is 21.8 Å². The molecule has 1 aromatic heterocycles. The minimum atomic E-state index is -3.97. The molecule has 0 aliphatic carbocycles. The summed E-state index contributed by atoms with van der Waals surface area (Å²) in [6, 6.07) is 22.1. The van der Waals surface area contributed by atoms with E-state index in [1.54, 1.807) is 12.1 Å². The number of carboxylic acids is 1. The number of aliphatic hydroxyl groups excluding tert-OH is 1. The molecular formula is C25H26N2O5S. The summed E-state index contributed by atoms with van der Waals surface area (Å²) in [6.45, 7) is 1.58. The Hall–Kier alpha value is -3.20. The lowest BCUT2D eigenvalue weighted by Gasteiger charge is -2.25. The zero-order valence-electron chi connectivity index (χ0n) is 18.3. The molecule has 0 aliphatic rings. The first kappa shape index (κ1) is 23.0. The number of benzene rings is 3. The second kappa shape index (κ2) is 9.35. The topological polar surface area (TPSA) is 99.8 Å². The number of carbonyl (C=O) groups is 1. The van der Waals surface area contributed by atoms with Crippen LogP contribution in [0.3, 0.4) is 0 Å². The van der Waals surface area contributed by atoms with Crippen molar-refractivity contribution >= 4 is 37.8 Å². The first-order valence-electron chi connectivity index (χ1n) is 10.7. The largest absolute Gasteiger partial charge is 0.481 e. The van der Waals surface area contributed by atoms with Gasteiger partial charge in [0.1, 0.15) is 0 Å². The predicted octanol–water partition coefficient (Wildman–Crippen LogP) is 3.63. The second-order valence-electron chi connectivity index (χ2n) is 8.12.